The van der Waals surface area contributed by atoms with E-state index in [0.717, 1.165) is 7.11 Å². The van der Waals surface area contributed by atoms with Crippen molar-refractivity contribution in [1.29, 1.82) is 0 Å². The monoisotopic (exact) mass is 499 g/mol. The van der Waals surface area contributed by atoms with Crippen LogP contribution in [0.15, 0.2) is 83.9 Å². The summed E-state index contributed by atoms with van der Waals surface area (Å²) in [7, 11) is 2.34. The molecule has 2 atom stereocenters. The average molecular weight is 500 g/mol. The molecular formula is C27H25F4N3O2. The molecule has 0 amide bonds. The van der Waals surface area contributed by atoms with Crippen molar-refractivity contribution >= 4 is 17.2 Å². The van der Waals surface area contributed by atoms with Crippen molar-refractivity contribution in [3.8, 4) is 0 Å². The summed E-state index contributed by atoms with van der Waals surface area (Å²) < 4.78 is 64.3. The van der Waals surface area contributed by atoms with Gasteiger partial charge in [0.2, 0.25) is 11.4 Å². The minimum atomic E-state index is -5.12. The summed E-state index contributed by atoms with van der Waals surface area (Å²) in [6, 6.07) is 19.4. The first-order valence-electron chi connectivity index (χ1n) is 11.2. The van der Waals surface area contributed by atoms with Crippen LogP contribution >= 0.6 is 0 Å². The van der Waals surface area contributed by atoms with Gasteiger partial charge in [-0.05, 0) is 18.2 Å². The summed E-state index contributed by atoms with van der Waals surface area (Å²) in [6.45, 7) is -0.954. The van der Waals surface area contributed by atoms with Gasteiger partial charge in [0, 0.05) is 43.1 Å². The Balaban J connectivity index is 1.99. The Morgan fingerprint density at radius 1 is 1.00 bits per heavy atom. The van der Waals surface area contributed by atoms with Crippen molar-refractivity contribution in [2.45, 2.75) is 17.3 Å². The first kappa shape index (κ1) is 25.5. The number of hydrogen-bond donors (Lipinski definition) is 1. The van der Waals surface area contributed by atoms with E-state index in [9.17, 15) is 22.4 Å². The zero-order chi connectivity index (χ0) is 26.1. The molecule has 0 bridgehead atoms. The van der Waals surface area contributed by atoms with Gasteiger partial charge in [-0.15, -0.1) is 0 Å². The number of halogens is 4. The number of aliphatic imine (C=N–C) groups is 1. The average Bonchev–Trinajstić information content (AvgIpc) is 3.00. The number of anilines is 1. The van der Waals surface area contributed by atoms with Crippen LogP contribution in [0.4, 0.5) is 23.2 Å². The molecule has 0 saturated heterocycles. The minimum absolute atomic E-state index is 0.163. The fourth-order valence-electron chi connectivity index (χ4n) is 4.75. The SMILES string of the molecule is COC(C(=O)C1(CN)CN=C(c2ccccc2F)c2ccccc2N1C)(c1ccccc1)C(F)(F)F. The van der Waals surface area contributed by atoms with Gasteiger partial charge in [0.25, 0.3) is 0 Å². The molecule has 0 aliphatic carbocycles. The number of carbonyl (C=O) groups excluding carboxylic acids is 1. The van der Waals surface area contributed by atoms with Crippen LogP contribution in [0.5, 0.6) is 0 Å². The van der Waals surface area contributed by atoms with Crippen LogP contribution in [-0.4, -0.2) is 50.5 Å². The molecule has 0 aromatic heterocycles. The number of likely N-dealkylation sites (N-methyl/N-ethyl adjacent to an activating group) is 1. The molecule has 1 aliphatic heterocycles. The molecular weight excluding hydrogens is 474 g/mol. The third-order valence-electron chi connectivity index (χ3n) is 6.76. The number of rotatable bonds is 6. The van der Waals surface area contributed by atoms with E-state index in [0.29, 0.717) is 11.3 Å². The molecule has 5 nitrogen and oxygen atoms in total. The minimum Gasteiger partial charge on any atom is -0.359 e. The maximum Gasteiger partial charge on any atom is 0.429 e. The Morgan fingerprint density at radius 3 is 2.17 bits per heavy atom. The van der Waals surface area contributed by atoms with E-state index in [2.05, 4.69) is 4.99 Å². The summed E-state index contributed by atoms with van der Waals surface area (Å²) in [6.07, 6.45) is -5.12. The van der Waals surface area contributed by atoms with E-state index < -0.39 is 42.0 Å². The number of nitrogens with two attached hydrogens (primary N) is 1. The fourth-order valence-corrected chi connectivity index (χ4v) is 4.75. The Hall–Kier alpha value is -3.56. The summed E-state index contributed by atoms with van der Waals surface area (Å²) >= 11 is 0. The van der Waals surface area contributed by atoms with Gasteiger partial charge in [0.05, 0.1) is 12.3 Å². The van der Waals surface area contributed by atoms with Gasteiger partial charge in [-0.25, -0.2) is 4.39 Å². The molecule has 1 heterocycles. The number of Topliss-reactive ketones (excluding diaryl/α,β-unsaturated/α-hetero) is 1. The third-order valence-corrected chi connectivity index (χ3v) is 6.76. The van der Waals surface area contributed by atoms with Gasteiger partial charge in [-0.1, -0.05) is 60.7 Å². The zero-order valence-electron chi connectivity index (χ0n) is 19.7. The van der Waals surface area contributed by atoms with Crippen LogP contribution in [0.3, 0.4) is 0 Å². The number of alkyl halides is 3. The molecule has 4 rings (SSSR count). The predicted octanol–water partition coefficient (Wildman–Crippen LogP) is 4.48. The lowest BCUT2D eigenvalue weighted by Gasteiger charge is -2.45. The first-order valence-corrected chi connectivity index (χ1v) is 11.2. The lowest BCUT2D eigenvalue weighted by Crippen LogP contribution is -2.69. The summed E-state index contributed by atoms with van der Waals surface area (Å²) in [4.78, 5) is 20.2. The first-order chi connectivity index (χ1) is 17.1. The largest absolute Gasteiger partial charge is 0.429 e. The number of benzene rings is 3. The predicted molar refractivity (Wildman–Crippen MR) is 130 cm³/mol. The maximum absolute atomic E-state index is 14.8. The van der Waals surface area contributed by atoms with Crippen LogP contribution in [0, 0.1) is 5.82 Å². The number of carbonyl (C=O) groups is 1. The number of methoxy groups -OCH3 is 1. The van der Waals surface area contributed by atoms with E-state index in [1.165, 1.54) is 54.4 Å². The summed E-state index contributed by atoms with van der Waals surface area (Å²) in [5, 5.41) is 0. The number of fused-ring (bicyclic) bond motifs is 1. The molecule has 36 heavy (non-hydrogen) atoms. The topological polar surface area (TPSA) is 67.9 Å². The van der Waals surface area contributed by atoms with E-state index in [-0.39, 0.29) is 16.8 Å². The van der Waals surface area contributed by atoms with Crippen LogP contribution in [0.2, 0.25) is 0 Å². The highest BCUT2D eigenvalue weighted by Crippen LogP contribution is 2.47. The molecule has 0 spiro atoms. The molecule has 188 valence electrons. The van der Waals surface area contributed by atoms with E-state index >= 15 is 0 Å². The highest BCUT2D eigenvalue weighted by Gasteiger charge is 2.67. The zero-order valence-corrected chi connectivity index (χ0v) is 19.7. The molecule has 1 aliphatic rings. The second-order valence-electron chi connectivity index (χ2n) is 8.53. The van der Waals surface area contributed by atoms with Crippen molar-refractivity contribution < 1.29 is 27.1 Å². The molecule has 9 heteroatoms. The molecule has 3 aromatic rings. The van der Waals surface area contributed by atoms with Crippen LogP contribution in [0.1, 0.15) is 16.7 Å². The molecule has 0 fully saturated rings. The molecule has 3 aromatic carbocycles. The standard InChI is InChI=1S/C27H25F4N3O2/c1-34-22-15-9-7-13-20(22)23(19-12-6-8-14-21(19)28)33-17-25(34,16-32)24(35)26(36-2,27(29,30)31)18-10-4-3-5-11-18/h3-15H,16-17,32H2,1-2H3. The van der Waals surface area contributed by atoms with E-state index in [1.54, 1.807) is 36.4 Å². The second kappa shape index (κ2) is 9.48. The second-order valence-corrected chi connectivity index (χ2v) is 8.53. The van der Waals surface area contributed by atoms with Crippen molar-refractivity contribution in [2.75, 3.05) is 32.1 Å². The summed E-state index contributed by atoms with van der Waals surface area (Å²) in [5.41, 5.74) is 1.69. The fraction of sp³-hybridized carbons (Fsp3) is 0.259. The van der Waals surface area contributed by atoms with Crippen molar-refractivity contribution in [3.63, 3.8) is 0 Å². The van der Waals surface area contributed by atoms with Gasteiger partial charge in [0.1, 0.15) is 11.4 Å². The lowest BCUT2D eigenvalue weighted by molar-refractivity contribution is -0.266. The van der Waals surface area contributed by atoms with E-state index in [1.807, 2.05) is 0 Å². The molecule has 0 saturated carbocycles. The Bertz CT molecular complexity index is 1300. The van der Waals surface area contributed by atoms with Gasteiger partial charge in [0.15, 0.2) is 0 Å². The van der Waals surface area contributed by atoms with Crippen LogP contribution in [0.25, 0.3) is 0 Å². The van der Waals surface area contributed by atoms with Crippen molar-refractivity contribution in [3.05, 3.63) is 101 Å². The summed E-state index contributed by atoms with van der Waals surface area (Å²) in [5.74, 6) is -1.86. The van der Waals surface area contributed by atoms with Crippen molar-refractivity contribution in [2.24, 2.45) is 10.7 Å². The Morgan fingerprint density at radius 2 is 1.58 bits per heavy atom. The maximum atomic E-state index is 14.8. The smallest absolute Gasteiger partial charge is 0.359 e. The number of hydrogen-bond acceptors (Lipinski definition) is 5. The number of nitrogens with zero attached hydrogens (tertiary/aromatic N) is 2. The number of benzodiazepines with no additional fused rings is 1. The third kappa shape index (κ3) is 3.79. The number of ether oxygens (including phenoxy) is 1. The van der Waals surface area contributed by atoms with Crippen LogP contribution in [-0.2, 0) is 15.1 Å². The van der Waals surface area contributed by atoms with Gasteiger partial charge in [-0.2, -0.15) is 13.2 Å². The molecule has 0 radical (unpaired) electrons. The number of para-hydroxylation sites is 1. The van der Waals surface area contributed by atoms with Crippen LogP contribution < -0.4 is 10.6 Å². The molecule has 2 N–H and O–H groups in total. The Labute approximate surface area is 206 Å². The quantitative estimate of drug-likeness (QED) is 0.508. The van der Waals surface area contributed by atoms with Gasteiger partial charge >= 0.3 is 6.18 Å². The normalized spacial score (nSPS) is 19.6. The van der Waals surface area contributed by atoms with Gasteiger partial charge in [-0.3, -0.25) is 9.79 Å². The lowest BCUT2D eigenvalue weighted by atomic mass is 9.76. The van der Waals surface area contributed by atoms with E-state index in [4.69, 9.17) is 10.5 Å². The molecule has 2 unspecified atom stereocenters. The van der Waals surface area contributed by atoms with Gasteiger partial charge < -0.3 is 15.4 Å². The highest BCUT2D eigenvalue weighted by atomic mass is 19.4. The highest BCUT2D eigenvalue weighted by molar-refractivity contribution is 6.17. The number of ketones is 1. The Kier molecular flexibility index (Phi) is 6.72. The van der Waals surface area contributed by atoms with Crippen molar-refractivity contribution in [1.82, 2.24) is 0 Å².